The lowest BCUT2D eigenvalue weighted by Gasteiger charge is -2.16. The van der Waals surface area contributed by atoms with Crippen molar-refractivity contribution in [1.82, 2.24) is 14.5 Å². The maximum Gasteiger partial charge on any atom is 0.262 e. The van der Waals surface area contributed by atoms with Crippen LogP contribution in [0.5, 0.6) is 0 Å². The molecule has 24 heavy (non-hydrogen) atoms. The first kappa shape index (κ1) is 17.3. The van der Waals surface area contributed by atoms with Crippen molar-refractivity contribution in [3.63, 3.8) is 0 Å². The predicted molar refractivity (Wildman–Crippen MR) is 104 cm³/mol. The van der Waals surface area contributed by atoms with Gasteiger partial charge in [-0.05, 0) is 51.2 Å². The van der Waals surface area contributed by atoms with E-state index in [1.165, 1.54) is 0 Å². The van der Waals surface area contributed by atoms with E-state index in [0.29, 0.717) is 13.1 Å². The Balaban J connectivity index is 2.18. The summed E-state index contributed by atoms with van der Waals surface area (Å²) < 4.78 is 2.84. The van der Waals surface area contributed by atoms with Crippen LogP contribution >= 0.6 is 27.3 Å². The molecule has 0 spiro atoms. The quantitative estimate of drug-likeness (QED) is 0.659. The number of thiophene rings is 1. The second-order valence-electron chi connectivity index (χ2n) is 6.25. The van der Waals surface area contributed by atoms with Crippen molar-refractivity contribution in [1.29, 1.82) is 0 Å². The predicted octanol–water partition coefficient (Wildman–Crippen LogP) is 3.95. The molecule has 126 valence electrons. The molecule has 2 aromatic heterocycles. The Morgan fingerprint density at radius 3 is 2.50 bits per heavy atom. The lowest BCUT2D eigenvalue weighted by molar-refractivity contribution is 0.379. The molecule has 4 nitrogen and oxygen atoms in total. The molecule has 0 atom stereocenters. The molecule has 0 N–H and O–H groups in total. The highest BCUT2D eigenvalue weighted by Gasteiger charge is 2.17. The zero-order valence-electron chi connectivity index (χ0n) is 14.3. The number of nitrogens with zero attached hydrogens (tertiary/aromatic N) is 3. The van der Waals surface area contributed by atoms with Gasteiger partial charge in [-0.1, -0.05) is 28.1 Å². The van der Waals surface area contributed by atoms with E-state index in [1.807, 2.05) is 61.7 Å². The summed E-state index contributed by atoms with van der Waals surface area (Å²) in [5, 5.41) is 0.761. The van der Waals surface area contributed by atoms with Crippen LogP contribution in [0, 0.1) is 13.8 Å². The van der Waals surface area contributed by atoms with E-state index in [4.69, 9.17) is 4.98 Å². The van der Waals surface area contributed by atoms with Gasteiger partial charge in [-0.2, -0.15) is 0 Å². The molecule has 0 saturated heterocycles. The smallest absolute Gasteiger partial charge is 0.262 e. The Labute approximate surface area is 153 Å². The van der Waals surface area contributed by atoms with E-state index in [-0.39, 0.29) is 5.56 Å². The first-order valence-electron chi connectivity index (χ1n) is 7.75. The summed E-state index contributed by atoms with van der Waals surface area (Å²) in [6, 6.07) is 8.06. The molecule has 0 saturated carbocycles. The fraction of sp³-hybridized carbons (Fsp3) is 0.333. The summed E-state index contributed by atoms with van der Waals surface area (Å²) in [7, 11) is 3.98. The molecule has 0 aliphatic rings. The van der Waals surface area contributed by atoms with E-state index in [0.717, 1.165) is 36.5 Å². The lowest BCUT2D eigenvalue weighted by Crippen LogP contribution is -2.28. The standard InChI is InChI=1S/C18H20BrN3OS/c1-11-12(2)24-17-16(11)18(23)22(15(20-17)10-21(3)4)9-13-5-7-14(19)8-6-13/h5-8H,9-10H2,1-4H3. The minimum absolute atomic E-state index is 0.0571. The lowest BCUT2D eigenvalue weighted by atomic mass is 10.2. The Morgan fingerprint density at radius 2 is 1.88 bits per heavy atom. The van der Waals surface area contributed by atoms with Crippen LogP contribution in [-0.4, -0.2) is 28.5 Å². The first-order chi connectivity index (χ1) is 11.4. The van der Waals surface area contributed by atoms with Crippen LogP contribution in [0.25, 0.3) is 10.2 Å². The van der Waals surface area contributed by atoms with Crippen LogP contribution in [0.3, 0.4) is 0 Å². The molecule has 0 fully saturated rings. The fourth-order valence-corrected chi connectivity index (χ4v) is 4.01. The zero-order valence-corrected chi connectivity index (χ0v) is 16.7. The largest absolute Gasteiger partial charge is 0.302 e. The second-order valence-corrected chi connectivity index (χ2v) is 8.37. The summed E-state index contributed by atoms with van der Waals surface area (Å²) in [6.07, 6.45) is 0. The number of halogens is 1. The molecule has 2 heterocycles. The Bertz CT molecular complexity index is 942. The van der Waals surface area contributed by atoms with Gasteiger partial charge in [0.1, 0.15) is 10.7 Å². The number of benzene rings is 1. The van der Waals surface area contributed by atoms with Gasteiger partial charge >= 0.3 is 0 Å². The highest BCUT2D eigenvalue weighted by Crippen LogP contribution is 2.26. The van der Waals surface area contributed by atoms with Gasteiger partial charge in [0.2, 0.25) is 0 Å². The summed E-state index contributed by atoms with van der Waals surface area (Å²) in [6.45, 7) is 5.23. The summed E-state index contributed by atoms with van der Waals surface area (Å²) >= 11 is 5.05. The minimum atomic E-state index is 0.0571. The molecule has 3 aromatic rings. The summed E-state index contributed by atoms with van der Waals surface area (Å²) in [5.74, 6) is 0.807. The van der Waals surface area contributed by atoms with Gasteiger partial charge in [0.15, 0.2) is 0 Å². The second kappa shape index (κ2) is 6.78. The van der Waals surface area contributed by atoms with Crippen molar-refractivity contribution < 1.29 is 0 Å². The average Bonchev–Trinajstić information content (AvgIpc) is 2.79. The third-order valence-electron chi connectivity index (χ3n) is 4.08. The molecule has 6 heteroatoms. The number of rotatable bonds is 4. The van der Waals surface area contributed by atoms with Crippen LogP contribution in [0.1, 0.15) is 21.8 Å². The van der Waals surface area contributed by atoms with Crippen molar-refractivity contribution in [2.75, 3.05) is 14.1 Å². The minimum Gasteiger partial charge on any atom is -0.302 e. The number of hydrogen-bond acceptors (Lipinski definition) is 4. The topological polar surface area (TPSA) is 38.1 Å². The van der Waals surface area contributed by atoms with Gasteiger partial charge in [-0.3, -0.25) is 9.36 Å². The molecule has 3 rings (SSSR count). The number of fused-ring (bicyclic) bond motifs is 1. The maximum atomic E-state index is 13.1. The highest BCUT2D eigenvalue weighted by atomic mass is 79.9. The van der Waals surface area contributed by atoms with Crippen molar-refractivity contribution >= 4 is 37.5 Å². The van der Waals surface area contributed by atoms with Gasteiger partial charge < -0.3 is 4.90 Å². The Morgan fingerprint density at radius 1 is 1.21 bits per heavy atom. The molecule has 0 radical (unpaired) electrons. The highest BCUT2D eigenvalue weighted by molar-refractivity contribution is 9.10. The van der Waals surface area contributed by atoms with Crippen molar-refractivity contribution in [3.8, 4) is 0 Å². The zero-order chi connectivity index (χ0) is 17.4. The van der Waals surface area contributed by atoms with Crippen molar-refractivity contribution in [2.24, 2.45) is 0 Å². The number of aromatic nitrogens is 2. The van der Waals surface area contributed by atoms with Crippen LogP contribution in [0.15, 0.2) is 33.5 Å². The van der Waals surface area contributed by atoms with Gasteiger partial charge in [0, 0.05) is 9.35 Å². The third-order valence-corrected chi connectivity index (χ3v) is 5.71. The van der Waals surface area contributed by atoms with Crippen molar-refractivity contribution in [2.45, 2.75) is 26.9 Å². The van der Waals surface area contributed by atoms with E-state index in [9.17, 15) is 4.79 Å². The van der Waals surface area contributed by atoms with Crippen LogP contribution < -0.4 is 5.56 Å². The molecule has 0 bridgehead atoms. The first-order valence-corrected chi connectivity index (χ1v) is 9.36. The average molecular weight is 406 g/mol. The van der Waals surface area contributed by atoms with Crippen molar-refractivity contribution in [3.05, 3.63) is 60.9 Å². The molecular formula is C18H20BrN3OS. The molecular weight excluding hydrogens is 386 g/mol. The van der Waals surface area contributed by atoms with E-state index < -0.39 is 0 Å². The van der Waals surface area contributed by atoms with E-state index in [1.54, 1.807) is 11.3 Å². The maximum absolute atomic E-state index is 13.1. The van der Waals surface area contributed by atoms with Gasteiger partial charge in [0.05, 0.1) is 18.5 Å². The van der Waals surface area contributed by atoms with Crippen LogP contribution in [0.4, 0.5) is 0 Å². The molecule has 1 aromatic carbocycles. The van der Waals surface area contributed by atoms with Gasteiger partial charge in [-0.25, -0.2) is 4.98 Å². The van der Waals surface area contributed by atoms with Crippen LogP contribution in [0.2, 0.25) is 0 Å². The molecule has 0 unspecified atom stereocenters. The number of hydrogen-bond donors (Lipinski definition) is 0. The molecule has 0 aliphatic heterocycles. The Kier molecular flexibility index (Phi) is 4.90. The van der Waals surface area contributed by atoms with E-state index >= 15 is 0 Å². The van der Waals surface area contributed by atoms with Crippen LogP contribution in [-0.2, 0) is 13.1 Å². The SMILES string of the molecule is Cc1sc2nc(CN(C)C)n(Cc3ccc(Br)cc3)c(=O)c2c1C. The van der Waals surface area contributed by atoms with Gasteiger partial charge in [-0.15, -0.1) is 11.3 Å². The summed E-state index contributed by atoms with van der Waals surface area (Å²) in [4.78, 5) is 22.0. The Hall–Kier alpha value is -1.50. The monoisotopic (exact) mass is 405 g/mol. The molecule has 0 aliphatic carbocycles. The number of aryl methyl sites for hydroxylation is 2. The third kappa shape index (κ3) is 3.31. The molecule has 0 amide bonds. The summed E-state index contributed by atoms with van der Waals surface area (Å²) in [5.41, 5.74) is 2.20. The van der Waals surface area contributed by atoms with E-state index in [2.05, 4.69) is 15.9 Å². The van der Waals surface area contributed by atoms with Gasteiger partial charge in [0.25, 0.3) is 5.56 Å². The normalized spacial score (nSPS) is 11.6. The fourth-order valence-electron chi connectivity index (χ4n) is 2.71.